The van der Waals surface area contributed by atoms with Gasteiger partial charge in [-0.25, -0.2) is 4.39 Å². The molecule has 1 aromatic carbocycles. The molecule has 1 aromatic rings. The van der Waals surface area contributed by atoms with E-state index in [2.05, 4.69) is 21.2 Å². The van der Waals surface area contributed by atoms with Crippen molar-refractivity contribution in [1.29, 1.82) is 0 Å². The van der Waals surface area contributed by atoms with E-state index in [0.29, 0.717) is 16.6 Å². The normalized spacial score (nSPS) is 12.5. The van der Waals surface area contributed by atoms with Gasteiger partial charge >= 0.3 is 0 Å². The van der Waals surface area contributed by atoms with E-state index in [1.165, 1.54) is 12.1 Å². The zero-order chi connectivity index (χ0) is 14.6. The Bertz CT molecular complexity index is 466. The molecule has 106 valence electrons. The molecule has 0 heterocycles. The molecule has 0 aliphatic carbocycles. The molecule has 0 saturated carbocycles. The van der Waals surface area contributed by atoms with Crippen molar-refractivity contribution in [3.8, 4) is 0 Å². The number of anilines is 1. The minimum absolute atomic E-state index is 0.0545. The first-order valence-electron chi connectivity index (χ1n) is 5.91. The maximum atomic E-state index is 13.2. The molecule has 1 unspecified atom stereocenters. The second-order valence-corrected chi connectivity index (χ2v) is 5.49. The minimum Gasteiger partial charge on any atom is -0.396 e. The summed E-state index contributed by atoms with van der Waals surface area (Å²) in [6.45, 7) is 4.38. The number of ether oxygens (including phenoxy) is 1. The van der Waals surface area contributed by atoms with Gasteiger partial charge in [0.2, 0.25) is 0 Å². The fraction of sp³-hybridized carbons (Fsp3) is 0.462. The van der Waals surface area contributed by atoms with Crippen LogP contribution in [-0.4, -0.2) is 25.7 Å². The van der Waals surface area contributed by atoms with E-state index >= 15 is 0 Å². The first-order valence-corrected chi connectivity index (χ1v) is 6.70. The van der Waals surface area contributed by atoms with Crippen LogP contribution >= 0.6 is 15.9 Å². The van der Waals surface area contributed by atoms with Crippen molar-refractivity contribution >= 4 is 27.5 Å². The Morgan fingerprint density at radius 1 is 1.53 bits per heavy atom. The van der Waals surface area contributed by atoms with Gasteiger partial charge in [0, 0.05) is 11.6 Å². The highest BCUT2D eigenvalue weighted by Crippen LogP contribution is 2.23. The number of hydrogen-bond acceptors (Lipinski definition) is 3. The highest BCUT2D eigenvalue weighted by atomic mass is 79.9. The third kappa shape index (κ3) is 4.18. The third-order valence-electron chi connectivity index (χ3n) is 2.80. The predicted octanol–water partition coefficient (Wildman–Crippen LogP) is 2.57. The Morgan fingerprint density at radius 3 is 2.68 bits per heavy atom. The van der Waals surface area contributed by atoms with Crippen LogP contribution in [0.15, 0.2) is 16.6 Å². The van der Waals surface area contributed by atoms with Crippen LogP contribution in [0.4, 0.5) is 10.1 Å². The van der Waals surface area contributed by atoms with Gasteiger partial charge in [0.1, 0.15) is 5.82 Å². The lowest BCUT2D eigenvalue weighted by Gasteiger charge is -2.22. The molecule has 0 fully saturated rings. The molecule has 1 atom stereocenters. The van der Waals surface area contributed by atoms with Gasteiger partial charge in [0.15, 0.2) is 0 Å². The average Bonchev–Trinajstić information content (AvgIpc) is 2.32. The zero-order valence-corrected chi connectivity index (χ0v) is 12.8. The number of nitrogen functional groups attached to an aromatic ring is 1. The molecular formula is C13H18BrFN2O2. The number of rotatable bonds is 5. The summed E-state index contributed by atoms with van der Waals surface area (Å²) < 4.78 is 18.7. The monoisotopic (exact) mass is 332 g/mol. The number of benzene rings is 1. The van der Waals surface area contributed by atoms with Crippen molar-refractivity contribution < 1.29 is 13.9 Å². The van der Waals surface area contributed by atoms with Crippen LogP contribution in [0.2, 0.25) is 0 Å². The van der Waals surface area contributed by atoms with E-state index in [1.54, 1.807) is 7.11 Å². The van der Waals surface area contributed by atoms with Crippen LogP contribution in [0.5, 0.6) is 0 Å². The van der Waals surface area contributed by atoms with Crippen molar-refractivity contribution in [2.45, 2.75) is 19.9 Å². The summed E-state index contributed by atoms with van der Waals surface area (Å²) in [6, 6.07) is 2.39. The van der Waals surface area contributed by atoms with Gasteiger partial charge in [-0.3, -0.25) is 4.79 Å². The van der Waals surface area contributed by atoms with Crippen molar-refractivity contribution in [1.82, 2.24) is 5.32 Å². The average molecular weight is 333 g/mol. The van der Waals surface area contributed by atoms with Gasteiger partial charge in [-0.05, 0) is 34.0 Å². The van der Waals surface area contributed by atoms with Crippen LogP contribution in [0.3, 0.4) is 0 Å². The first-order chi connectivity index (χ1) is 8.86. The number of amides is 1. The maximum absolute atomic E-state index is 13.2. The Labute approximate surface area is 120 Å². The van der Waals surface area contributed by atoms with Gasteiger partial charge in [-0.1, -0.05) is 13.8 Å². The number of halogens is 2. The van der Waals surface area contributed by atoms with Gasteiger partial charge in [-0.15, -0.1) is 0 Å². The fourth-order valence-corrected chi connectivity index (χ4v) is 2.06. The van der Waals surface area contributed by atoms with Crippen molar-refractivity contribution in [3.63, 3.8) is 0 Å². The molecule has 3 N–H and O–H groups in total. The molecular weight excluding hydrogens is 315 g/mol. The summed E-state index contributed by atoms with van der Waals surface area (Å²) in [6.07, 6.45) is 0. The second-order valence-electron chi connectivity index (χ2n) is 4.63. The van der Waals surface area contributed by atoms with Gasteiger partial charge in [-0.2, -0.15) is 0 Å². The van der Waals surface area contributed by atoms with Crippen molar-refractivity contribution in [2.75, 3.05) is 19.5 Å². The van der Waals surface area contributed by atoms with E-state index in [1.807, 2.05) is 13.8 Å². The minimum atomic E-state index is -0.555. The lowest BCUT2D eigenvalue weighted by atomic mass is 10.0. The van der Waals surface area contributed by atoms with E-state index in [9.17, 15) is 9.18 Å². The molecule has 4 nitrogen and oxygen atoms in total. The van der Waals surface area contributed by atoms with Crippen molar-refractivity contribution in [2.24, 2.45) is 5.92 Å². The summed E-state index contributed by atoms with van der Waals surface area (Å²) in [5, 5.41) is 2.85. The number of nitrogens with two attached hydrogens (primary N) is 1. The van der Waals surface area contributed by atoms with Gasteiger partial charge in [0.05, 0.1) is 23.9 Å². The van der Waals surface area contributed by atoms with E-state index in [4.69, 9.17) is 10.5 Å². The van der Waals surface area contributed by atoms with Crippen LogP contribution in [0, 0.1) is 11.7 Å². The number of nitrogens with one attached hydrogen (secondary N) is 1. The molecule has 0 saturated heterocycles. The topological polar surface area (TPSA) is 64.3 Å². The van der Waals surface area contributed by atoms with Crippen LogP contribution in [0.1, 0.15) is 24.2 Å². The molecule has 0 bridgehead atoms. The van der Waals surface area contributed by atoms with Crippen LogP contribution in [0.25, 0.3) is 0 Å². The molecule has 1 rings (SSSR count). The smallest absolute Gasteiger partial charge is 0.252 e. The number of carbonyl (C=O) groups excluding carboxylic acids is 1. The van der Waals surface area contributed by atoms with E-state index < -0.39 is 5.82 Å². The SMILES string of the molecule is COCC(NC(=O)c1cc(N)c(F)cc1Br)C(C)C. The molecule has 19 heavy (non-hydrogen) atoms. The standard InChI is InChI=1S/C13H18BrFN2O2/c1-7(2)12(6-19-3)17-13(18)8-4-11(16)10(15)5-9(8)14/h4-5,7,12H,6,16H2,1-3H3,(H,17,18). The maximum Gasteiger partial charge on any atom is 0.252 e. The Kier molecular flexibility index (Phi) is 5.75. The van der Waals surface area contributed by atoms with E-state index in [-0.39, 0.29) is 23.6 Å². The highest BCUT2D eigenvalue weighted by Gasteiger charge is 2.19. The van der Waals surface area contributed by atoms with Gasteiger partial charge in [0.25, 0.3) is 5.91 Å². The molecule has 6 heteroatoms. The molecule has 0 aliphatic heterocycles. The van der Waals surface area contributed by atoms with Gasteiger partial charge < -0.3 is 15.8 Å². The molecule has 0 aromatic heterocycles. The molecule has 1 amide bonds. The van der Waals surface area contributed by atoms with Crippen molar-refractivity contribution in [3.05, 3.63) is 28.0 Å². The Morgan fingerprint density at radius 2 is 2.16 bits per heavy atom. The summed E-state index contributed by atoms with van der Waals surface area (Å²) in [5.74, 6) is -0.643. The third-order valence-corrected chi connectivity index (χ3v) is 3.45. The largest absolute Gasteiger partial charge is 0.396 e. The fourth-order valence-electron chi connectivity index (χ4n) is 1.57. The summed E-state index contributed by atoms with van der Waals surface area (Å²) >= 11 is 3.16. The number of hydrogen-bond donors (Lipinski definition) is 2. The lowest BCUT2D eigenvalue weighted by Crippen LogP contribution is -2.41. The zero-order valence-electron chi connectivity index (χ0n) is 11.2. The molecule has 0 aliphatic rings. The predicted molar refractivity (Wildman–Crippen MR) is 76.5 cm³/mol. The number of carbonyl (C=O) groups is 1. The highest BCUT2D eigenvalue weighted by molar-refractivity contribution is 9.10. The summed E-state index contributed by atoms with van der Waals surface area (Å²) in [7, 11) is 1.58. The van der Waals surface area contributed by atoms with Crippen LogP contribution in [-0.2, 0) is 4.74 Å². The quantitative estimate of drug-likeness (QED) is 0.814. The number of methoxy groups -OCH3 is 1. The Hall–Kier alpha value is -1.14. The van der Waals surface area contributed by atoms with Crippen LogP contribution < -0.4 is 11.1 Å². The van der Waals surface area contributed by atoms with E-state index in [0.717, 1.165) is 0 Å². The summed E-state index contributed by atoms with van der Waals surface area (Å²) in [4.78, 5) is 12.1. The molecule has 0 spiro atoms. The lowest BCUT2D eigenvalue weighted by molar-refractivity contribution is 0.0866. The first kappa shape index (κ1) is 15.9. The second kappa shape index (κ2) is 6.86. The summed E-state index contributed by atoms with van der Waals surface area (Å²) in [5.41, 5.74) is 5.73. The molecule has 0 radical (unpaired) electrons. The Balaban J connectivity index is 2.91.